The molecule has 0 heterocycles. The number of ether oxygens (including phenoxy) is 1. The third kappa shape index (κ3) is 9.61. The molecule has 2 nitrogen and oxygen atoms in total. The van der Waals surface area contributed by atoms with Gasteiger partial charge in [-0.3, -0.25) is 4.90 Å². The largest absolute Gasteiger partial charge is 0.380 e. The Kier molecular flexibility index (Phi) is 13.6. The summed E-state index contributed by atoms with van der Waals surface area (Å²) in [6.07, 6.45) is 3.80. The van der Waals surface area contributed by atoms with E-state index in [0.717, 1.165) is 32.8 Å². The second-order valence-electron chi connectivity index (χ2n) is 2.53. The van der Waals surface area contributed by atoms with Crippen LogP contribution in [0.2, 0.25) is 0 Å². The Morgan fingerprint density at radius 2 is 1.77 bits per heavy atom. The highest BCUT2D eigenvalue weighted by molar-refractivity contribution is 5.85. The lowest BCUT2D eigenvalue weighted by atomic mass is 10.4. The van der Waals surface area contributed by atoms with Crippen molar-refractivity contribution >= 4 is 12.4 Å². The van der Waals surface area contributed by atoms with Crippen molar-refractivity contribution in [3.05, 3.63) is 25.3 Å². The van der Waals surface area contributed by atoms with Crippen LogP contribution < -0.4 is 0 Å². The molecule has 0 N–H and O–H groups in total. The quantitative estimate of drug-likeness (QED) is 0.445. The fourth-order valence-corrected chi connectivity index (χ4v) is 0.960. The molecule has 0 saturated carbocycles. The first-order valence-corrected chi connectivity index (χ1v) is 4.37. The van der Waals surface area contributed by atoms with Crippen LogP contribution in [0.4, 0.5) is 0 Å². The zero-order valence-electron chi connectivity index (χ0n) is 8.37. The smallest absolute Gasteiger partial charge is 0.0593 e. The standard InChI is InChI=1S/C10H19NO.ClH/c1-4-7-11(8-5-2)9-10-12-6-3;/h4-5H,1-2,6-10H2,3H3;1H. The summed E-state index contributed by atoms with van der Waals surface area (Å²) in [7, 11) is 0. The van der Waals surface area contributed by atoms with Crippen molar-refractivity contribution < 1.29 is 4.74 Å². The molecule has 0 aromatic carbocycles. The van der Waals surface area contributed by atoms with Gasteiger partial charge in [0, 0.05) is 26.2 Å². The van der Waals surface area contributed by atoms with Gasteiger partial charge in [-0.1, -0.05) is 12.2 Å². The van der Waals surface area contributed by atoms with Crippen molar-refractivity contribution in [3.8, 4) is 0 Å². The zero-order valence-corrected chi connectivity index (χ0v) is 9.18. The van der Waals surface area contributed by atoms with E-state index in [1.165, 1.54) is 0 Å². The van der Waals surface area contributed by atoms with Gasteiger partial charge in [0.05, 0.1) is 6.61 Å². The molecule has 0 aliphatic rings. The second-order valence-corrected chi connectivity index (χ2v) is 2.53. The number of rotatable bonds is 8. The molecular formula is C10H20ClNO. The molecule has 0 aromatic heterocycles. The maximum Gasteiger partial charge on any atom is 0.0593 e. The molecule has 0 bridgehead atoms. The zero-order chi connectivity index (χ0) is 9.23. The highest BCUT2D eigenvalue weighted by Gasteiger charge is 1.98. The van der Waals surface area contributed by atoms with Gasteiger partial charge >= 0.3 is 0 Å². The summed E-state index contributed by atoms with van der Waals surface area (Å²) in [6, 6.07) is 0. The first kappa shape index (κ1) is 15.2. The van der Waals surface area contributed by atoms with Crippen LogP contribution in [0.3, 0.4) is 0 Å². The lowest BCUT2D eigenvalue weighted by Gasteiger charge is -2.17. The van der Waals surface area contributed by atoms with Crippen LogP contribution in [0.25, 0.3) is 0 Å². The molecule has 0 aromatic rings. The molecule has 0 aliphatic heterocycles. The SMILES string of the molecule is C=CCN(CC=C)CCOCC.Cl. The first-order chi connectivity index (χ1) is 5.85. The van der Waals surface area contributed by atoms with Crippen LogP contribution >= 0.6 is 12.4 Å². The monoisotopic (exact) mass is 205 g/mol. The van der Waals surface area contributed by atoms with Crippen LogP contribution in [-0.4, -0.2) is 37.7 Å². The lowest BCUT2D eigenvalue weighted by Crippen LogP contribution is -2.27. The summed E-state index contributed by atoms with van der Waals surface area (Å²) < 4.78 is 5.25. The molecule has 3 heteroatoms. The number of hydrogen-bond acceptors (Lipinski definition) is 2. The van der Waals surface area contributed by atoms with Gasteiger partial charge in [0.15, 0.2) is 0 Å². The van der Waals surface area contributed by atoms with Crippen molar-refractivity contribution in [2.45, 2.75) is 6.92 Å². The Hall–Kier alpha value is -0.310. The Morgan fingerprint density at radius 1 is 1.23 bits per heavy atom. The first-order valence-electron chi connectivity index (χ1n) is 4.37. The van der Waals surface area contributed by atoms with E-state index in [2.05, 4.69) is 18.1 Å². The van der Waals surface area contributed by atoms with Gasteiger partial charge in [-0.25, -0.2) is 0 Å². The van der Waals surface area contributed by atoms with Gasteiger partial charge in [-0.05, 0) is 6.92 Å². The molecule has 0 saturated heterocycles. The topological polar surface area (TPSA) is 12.5 Å². The molecule has 0 atom stereocenters. The van der Waals surface area contributed by atoms with E-state index in [4.69, 9.17) is 4.74 Å². The molecular weight excluding hydrogens is 186 g/mol. The fourth-order valence-electron chi connectivity index (χ4n) is 0.960. The van der Waals surface area contributed by atoms with Gasteiger partial charge in [0.25, 0.3) is 0 Å². The molecule has 78 valence electrons. The third-order valence-electron chi connectivity index (χ3n) is 1.53. The Bertz CT molecular complexity index is 118. The summed E-state index contributed by atoms with van der Waals surface area (Å²) in [5, 5.41) is 0. The summed E-state index contributed by atoms with van der Waals surface area (Å²) in [5.41, 5.74) is 0. The average molecular weight is 206 g/mol. The highest BCUT2D eigenvalue weighted by Crippen LogP contribution is 1.89. The minimum absolute atomic E-state index is 0. The minimum atomic E-state index is 0. The van der Waals surface area contributed by atoms with E-state index in [-0.39, 0.29) is 12.4 Å². The van der Waals surface area contributed by atoms with E-state index in [0.29, 0.717) is 0 Å². The van der Waals surface area contributed by atoms with Gasteiger partial charge in [0.2, 0.25) is 0 Å². The van der Waals surface area contributed by atoms with Crippen molar-refractivity contribution in [1.29, 1.82) is 0 Å². The molecule has 0 unspecified atom stereocenters. The van der Waals surface area contributed by atoms with Crippen LogP contribution in [-0.2, 0) is 4.74 Å². The Labute approximate surface area is 87.7 Å². The second kappa shape index (κ2) is 11.7. The van der Waals surface area contributed by atoms with E-state index in [1.54, 1.807) is 0 Å². The average Bonchev–Trinajstić information content (AvgIpc) is 2.06. The molecule has 0 radical (unpaired) electrons. The molecule has 13 heavy (non-hydrogen) atoms. The summed E-state index contributed by atoms with van der Waals surface area (Å²) in [5.74, 6) is 0. The Morgan fingerprint density at radius 3 is 2.15 bits per heavy atom. The van der Waals surface area contributed by atoms with Crippen LogP contribution in [0.15, 0.2) is 25.3 Å². The number of halogens is 1. The van der Waals surface area contributed by atoms with Crippen LogP contribution in [0.5, 0.6) is 0 Å². The predicted molar refractivity (Wildman–Crippen MR) is 60.6 cm³/mol. The van der Waals surface area contributed by atoms with Crippen molar-refractivity contribution in [3.63, 3.8) is 0 Å². The van der Waals surface area contributed by atoms with E-state index in [9.17, 15) is 0 Å². The van der Waals surface area contributed by atoms with Crippen molar-refractivity contribution in [2.24, 2.45) is 0 Å². The van der Waals surface area contributed by atoms with Gasteiger partial charge in [-0.2, -0.15) is 0 Å². The molecule has 0 amide bonds. The fraction of sp³-hybridized carbons (Fsp3) is 0.600. The van der Waals surface area contributed by atoms with Crippen LogP contribution in [0.1, 0.15) is 6.92 Å². The third-order valence-corrected chi connectivity index (χ3v) is 1.53. The van der Waals surface area contributed by atoms with Crippen molar-refractivity contribution in [1.82, 2.24) is 4.90 Å². The van der Waals surface area contributed by atoms with Gasteiger partial charge < -0.3 is 4.74 Å². The van der Waals surface area contributed by atoms with E-state index < -0.39 is 0 Å². The summed E-state index contributed by atoms with van der Waals surface area (Å²) in [4.78, 5) is 2.23. The Balaban J connectivity index is 0. The number of hydrogen-bond donors (Lipinski definition) is 0. The highest BCUT2D eigenvalue weighted by atomic mass is 35.5. The van der Waals surface area contributed by atoms with Crippen molar-refractivity contribution in [2.75, 3.05) is 32.8 Å². The van der Waals surface area contributed by atoms with Gasteiger partial charge in [0.1, 0.15) is 0 Å². The van der Waals surface area contributed by atoms with Gasteiger partial charge in [-0.15, -0.1) is 25.6 Å². The summed E-state index contributed by atoms with van der Waals surface area (Å²) in [6.45, 7) is 13.7. The lowest BCUT2D eigenvalue weighted by molar-refractivity contribution is 0.121. The predicted octanol–water partition coefficient (Wildman–Crippen LogP) is 2.12. The minimum Gasteiger partial charge on any atom is -0.380 e. The normalized spacial score (nSPS) is 9.38. The molecule has 0 spiro atoms. The van der Waals surface area contributed by atoms with E-state index in [1.807, 2.05) is 19.1 Å². The number of nitrogens with zero attached hydrogens (tertiary/aromatic N) is 1. The molecule has 0 aliphatic carbocycles. The maximum atomic E-state index is 5.25. The molecule has 0 rings (SSSR count). The molecule has 0 fully saturated rings. The van der Waals surface area contributed by atoms with E-state index >= 15 is 0 Å². The van der Waals surface area contributed by atoms with Crippen LogP contribution in [0, 0.1) is 0 Å². The maximum absolute atomic E-state index is 5.25. The summed E-state index contributed by atoms with van der Waals surface area (Å²) >= 11 is 0.